The molecule has 3 nitrogen and oxygen atoms in total. The number of benzene rings is 6. The molecule has 0 fully saturated rings. The van der Waals surface area contributed by atoms with Gasteiger partial charge in [0, 0.05) is 43.1 Å². The Kier molecular flexibility index (Phi) is 6.65. The third kappa shape index (κ3) is 4.87. The van der Waals surface area contributed by atoms with Gasteiger partial charge in [-0.3, -0.25) is 0 Å². The fourth-order valence-electron chi connectivity index (χ4n) is 6.52. The van der Waals surface area contributed by atoms with Crippen LogP contribution in [0.5, 0.6) is 0 Å². The Balaban J connectivity index is 1.32. The molecule has 9 rings (SSSR count). The van der Waals surface area contributed by atoms with Gasteiger partial charge in [-0.25, -0.2) is 15.0 Å². The predicted octanol–water partition coefficient (Wildman–Crippen LogP) is 11.7. The zero-order chi connectivity index (χ0) is 31.2. The first-order chi connectivity index (χ1) is 23.3. The molecule has 6 aromatic carbocycles. The zero-order valence-electron chi connectivity index (χ0n) is 25.3. The average molecular weight is 618 g/mol. The van der Waals surface area contributed by atoms with Crippen LogP contribution in [0.15, 0.2) is 164 Å². The Morgan fingerprint density at radius 3 is 1.85 bits per heavy atom. The lowest BCUT2D eigenvalue weighted by atomic mass is 9.91. The van der Waals surface area contributed by atoms with Gasteiger partial charge < -0.3 is 0 Å². The van der Waals surface area contributed by atoms with Crippen molar-refractivity contribution >= 4 is 42.5 Å². The van der Waals surface area contributed by atoms with E-state index in [0.29, 0.717) is 5.82 Å². The summed E-state index contributed by atoms with van der Waals surface area (Å²) in [4.78, 5) is 16.6. The van der Waals surface area contributed by atoms with Gasteiger partial charge in [-0.05, 0) is 41.0 Å². The van der Waals surface area contributed by atoms with Crippen LogP contribution in [-0.4, -0.2) is 15.0 Å². The Hall–Kier alpha value is -5.97. The highest BCUT2D eigenvalue weighted by atomic mass is 32.1. The maximum Gasteiger partial charge on any atom is 0.160 e. The fourth-order valence-corrected chi connectivity index (χ4v) is 7.61. The molecule has 0 spiro atoms. The lowest BCUT2D eigenvalue weighted by Gasteiger charge is -2.16. The van der Waals surface area contributed by atoms with Gasteiger partial charge in [0.2, 0.25) is 0 Å². The van der Waals surface area contributed by atoms with Crippen molar-refractivity contribution in [1.29, 1.82) is 0 Å². The van der Waals surface area contributed by atoms with Gasteiger partial charge in [0.05, 0.1) is 16.9 Å². The van der Waals surface area contributed by atoms with Crippen molar-refractivity contribution < 1.29 is 0 Å². The number of pyridine rings is 1. The maximum atomic E-state index is 5.25. The monoisotopic (exact) mass is 617 g/mol. The molecule has 0 aliphatic rings. The van der Waals surface area contributed by atoms with E-state index in [1.165, 1.54) is 26.6 Å². The molecular weight excluding hydrogens is 591 g/mol. The highest BCUT2D eigenvalue weighted by Gasteiger charge is 2.20. The summed E-state index contributed by atoms with van der Waals surface area (Å²) in [7, 11) is 0. The number of para-hydroxylation sites is 1. The number of hydrogen-bond donors (Lipinski definition) is 0. The first-order valence-electron chi connectivity index (χ1n) is 15.7. The molecule has 9 aromatic rings. The SMILES string of the molecule is c1ccc(-c2cccc(-c3cc(-c4ccccc4-c4c5ccccc5nc5sc6ccccc6c45)nc(-c4ccccc4)n3)c2)cc1. The van der Waals surface area contributed by atoms with Crippen LogP contribution >= 0.6 is 11.3 Å². The van der Waals surface area contributed by atoms with Crippen LogP contribution in [0.25, 0.3) is 87.4 Å². The van der Waals surface area contributed by atoms with Crippen molar-refractivity contribution in [3.63, 3.8) is 0 Å². The molecular formula is C43H27N3S. The largest absolute Gasteiger partial charge is 0.237 e. The summed E-state index contributed by atoms with van der Waals surface area (Å²) in [6, 6.07) is 57.2. The van der Waals surface area contributed by atoms with Crippen LogP contribution in [0.3, 0.4) is 0 Å². The maximum absolute atomic E-state index is 5.25. The summed E-state index contributed by atoms with van der Waals surface area (Å²) in [5.41, 5.74) is 10.5. The van der Waals surface area contributed by atoms with Crippen molar-refractivity contribution in [2.45, 2.75) is 0 Å². The second-order valence-electron chi connectivity index (χ2n) is 11.6. The topological polar surface area (TPSA) is 38.7 Å². The Bertz CT molecular complexity index is 2570. The molecule has 3 heterocycles. The first kappa shape index (κ1) is 27.3. The molecule has 0 saturated carbocycles. The lowest BCUT2D eigenvalue weighted by Crippen LogP contribution is -1.97. The van der Waals surface area contributed by atoms with Crippen LogP contribution in [0, 0.1) is 0 Å². The van der Waals surface area contributed by atoms with E-state index < -0.39 is 0 Å². The highest BCUT2D eigenvalue weighted by Crippen LogP contribution is 2.45. The number of nitrogens with zero attached hydrogens (tertiary/aromatic N) is 3. The number of fused-ring (bicyclic) bond motifs is 4. The van der Waals surface area contributed by atoms with Gasteiger partial charge in [0.25, 0.3) is 0 Å². The molecule has 0 radical (unpaired) electrons. The minimum atomic E-state index is 0.698. The molecule has 3 aromatic heterocycles. The van der Waals surface area contributed by atoms with Crippen molar-refractivity contribution in [3.8, 4) is 56.2 Å². The molecule has 0 N–H and O–H groups in total. The highest BCUT2D eigenvalue weighted by molar-refractivity contribution is 7.25. The molecule has 0 amide bonds. The molecule has 0 saturated heterocycles. The first-order valence-corrected chi connectivity index (χ1v) is 16.5. The molecule has 220 valence electrons. The smallest absolute Gasteiger partial charge is 0.160 e. The van der Waals surface area contributed by atoms with E-state index >= 15 is 0 Å². The second-order valence-corrected chi connectivity index (χ2v) is 12.6. The summed E-state index contributed by atoms with van der Waals surface area (Å²) in [5, 5.41) is 3.54. The molecule has 47 heavy (non-hydrogen) atoms. The standard InChI is InChI=1S/C43H27N3S/c1-3-14-28(15-4-1)30-18-13-19-31(26-30)37-27-38(45-42(44-37)29-16-5-2-6-17-29)32-20-7-8-21-33(32)40-34-22-9-11-24-36(34)46-43-41(40)35-23-10-12-25-39(35)47-43/h1-27H. The van der Waals surface area contributed by atoms with E-state index in [1.807, 2.05) is 24.3 Å². The normalized spacial score (nSPS) is 11.4. The summed E-state index contributed by atoms with van der Waals surface area (Å²) in [6.45, 7) is 0. The third-order valence-electron chi connectivity index (χ3n) is 8.72. The molecule has 4 heteroatoms. The van der Waals surface area contributed by atoms with E-state index in [4.69, 9.17) is 15.0 Å². The average Bonchev–Trinajstić information content (AvgIpc) is 3.52. The van der Waals surface area contributed by atoms with Crippen molar-refractivity contribution in [1.82, 2.24) is 15.0 Å². The summed E-state index contributed by atoms with van der Waals surface area (Å²) in [5.74, 6) is 0.698. The van der Waals surface area contributed by atoms with Crippen LogP contribution < -0.4 is 0 Å². The van der Waals surface area contributed by atoms with Gasteiger partial charge in [0.15, 0.2) is 5.82 Å². The van der Waals surface area contributed by atoms with Gasteiger partial charge in [-0.2, -0.15) is 0 Å². The van der Waals surface area contributed by atoms with E-state index in [1.54, 1.807) is 11.3 Å². The molecule has 0 unspecified atom stereocenters. The van der Waals surface area contributed by atoms with Crippen molar-refractivity contribution in [2.75, 3.05) is 0 Å². The third-order valence-corrected chi connectivity index (χ3v) is 9.78. The minimum Gasteiger partial charge on any atom is -0.237 e. The summed E-state index contributed by atoms with van der Waals surface area (Å²) < 4.78 is 1.23. The fraction of sp³-hybridized carbons (Fsp3) is 0. The van der Waals surface area contributed by atoms with E-state index in [-0.39, 0.29) is 0 Å². The van der Waals surface area contributed by atoms with Crippen LogP contribution in [0.4, 0.5) is 0 Å². The minimum absolute atomic E-state index is 0.698. The quantitative estimate of drug-likeness (QED) is 0.193. The van der Waals surface area contributed by atoms with Crippen LogP contribution in [0.2, 0.25) is 0 Å². The summed E-state index contributed by atoms with van der Waals surface area (Å²) in [6.07, 6.45) is 0. The van der Waals surface area contributed by atoms with Gasteiger partial charge >= 0.3 is 0 Å². The number of rotatable bonds is 5. The molecule has 0 bridgehead atoms. The lowest BCUT2D eigenvalue weighted by molar-refractivity contribution is 1.18. The number of thiophene rings is 1. The van der Waals surface area contributed by atoms with Gasteiger partial charge in [-0.15, -0.1) is 11.3 Å². The van der Waals surface area contributed by atoms with Crippen molar-refractivity contribution in [2.24, 2.45) is 0 Å². The number of aromatic nitrogens is 3. The molecule has 0 atom stereocenters. The Morgan fingerprint density at radius 1 is 0.404 bits per heavy atom. The van der Waals surface area contributed by atoms with Crippen molar-refractivity contribution in [3.05, 3.63) is 164 Å². The van der Waals surface area contributed by atoms with Gasteiger partial charge in [0.1, 0.15) is 4.83 Å². The Morgan fingerprint density at radius 2 is 1.02 bits per heavy atom. The van der Waals surface area contributed by atoms with Gasteiger partial charge in [-0.1, -0.05) is 140 Å². The van der Waals surface area contributed by atoms with E-state index in [0.717, 1.165) is 54.9 Å². The summed E-state index contributed by atoms with van der Waals surface area (Å²) >= 11 is 1.75. The number of hydrogen-bond acceptors (Lipinski definition) is 4. The van der Waals surface area contributed by atoms with Crippen LogP contribution in [0.1, 0.15) is 0 Å². The zero-order valence-corrected chi connectivity index (χ0v) is 26.2. The second kappa shape index (κ2) is 11.4. The molecule has 0 aliphatic heterocycles. The molecule has 0 aliphatic carbocycles. The van der Waals surface area contributed by atoms with Crippen LogP contribution in [-0.2, 0) is 0 Å². The van der Waals surface area contributed by atoms with E-state index in [9.17, 15) is 0 Å². The predicted molar refractivity (Wildman–Crippen MR) is 197 cm³/mol. The van der Waals surface area contributed by atoms with E-state index in [2.05, 4.69) is 140 Å². The Labute approximate surface area is 276 Å².